The van der Waals surface area contributed by atoms with E-state index in [-0.39, 0.29) is 32.2 Å². The molecule has 0 spiro atoms. The maximum atomic E-state index is 12.9. The molecule has 454 valence electrons. The topological polar surface area (TPSA) is 108 Å². The number of allylic oxidation sites excluding steroid dienone is 16. The van der Waals surface area contributed by atoms with Crippen molar-refractivity contribution in [1.29, 1.82) is 0 Å². The van der Waals surface area contributed by atoms with Gasteiger partial charge in [-0.25, -0.2) is 4.79 Å². The molecule has 0 heterocycles. The highest BCUT2D eigenvalue weighted by molar-refractivity contribution is 5.71. The average Bonchev–Trinajstić information content (AvgIpc) is 3.42. The lowest BCUT2D eigenvalue weighted by atomic mass is 10.0. The van der Waals surface area contributed by atoms with Crippen LogP contribution >= 0.6 is 0 Å². The molecule has 0 aliphatic carbocycles. The molecule has 0 amide bonds. The minimum atomic E-state index is -1.52. The van der Waals surface area contributed by atoms with Crippen LogP contribution in [0.5, 0.6) is 0 Å². The average molecular weight is 1110 g/mol. The van der Waals surface area contributed by atoms with Crippen molar-refractivity contribution in [3.05, 3.63) is 97.2 Å². The van der Waals surface area contributed by atoms with E-state index in [1.807, 2.05) is 21.1 Å². The molecular formula is C70H122NO8+. The molecule has 0 fully saturated rings. The Labute approximate surface area is 486 Å². The normalized spacial score (nSPS) is 13.4. The summed E-state index contributed by atoms with van der Waals surface area (Å²) in [5.41, 5.74) is 0. The molecule has 0 bridgehead atoms. The number of carbonyl (C=O) groups is 3. The Morgan fingerprint density at radius 1 is 0.392 bits per heavy atom. The number of aliphatic carboxylic acids is 1. The number of ether oxygens (including phenoxy) is 4. The zero-order valence-corrected chi connectivity index (χ0v) is 51.8. The van der Waals surface area contributed by atoms with Gasteiger partial charge in [0, 0.05) is 12.8 Å². The number of nitrogens with zero attached hydrogens (tertiary/aromatic N) is 1. The van der Waals surface area contributed by atoms with Gasteiger partial charge in [0.05, 0.1) is 34.4 Å². The van der Waals surface area contributed by atoms with E-state index in [4.69, 9.17) is 18.9 Å². The number of quaternary nitrogens is 1. The molecule has 1 N–H and O–H groups in total. The molecule has 0 radical (unpaired) electrons. The van der Waals surface area contributed by atoms with Gasteiger partial charge < -0.3 is 28.5 Å². The lowest BCUT2D eigenvalue weighted by Gasteiger charge is -2.25. The van der Waals surface area contributed by atoms with E-state index in [0.717, 1.165) is 89.9 Å². The summed E-state index contributed by atoms with van der Waals surface area (Å²) in [6.07, 6.45) is 79.2. The monoisotopic (exact) mass is 1100 g/mol. The van der Waals surface area contributed by atoms with Crippen LogP contribution in [0.3, 0.4) is 0 Å². The van der Waals surface area contributed by atoms with Gasteiger partial charge in [0.1, 0.15) is 13.2 Å². The first kappa shape index (κ1) is 75.2. The molecule has 0 saturated heterocycles. The first-order chi connectivity index (χ1) is 38.6. The Balaban J connectivity index is 4.21. The summed E-state index contributed by atoms with van der Waals surface area (Å²) in [5.74, 6) is -2.01. The number of rotatable bonds is 59. The number of esters is 2. The highest BCUT2D eigenvalue weighted by Gasteiger charge is 2.25. The van der Waals surface area contributed by atoms with Crippen molar-refractivity contribution in [3.63, 3.8) is 0 Å². The smallest absolute Gasteiger partial charge is 0.361 e. The van der Waals surface area contributed by atoms with Crippen LogP contribution in [0.2, 0.25) is 0 Å². The molecule has 0 saturated carbocycles. The van der Waals surface area contributed by atoms with Crippen molar-refractivity contribution < 1.29 is 42.9 Å². The second kappa shape index (κ2) is 60.3. The number of carboxylic acid groups (broad SMARTS) is 1. The fraction of sp³-hybridized carbons (Fsp3) is 0.729. The van der Waals surface area contributed by atoms with Crippen molar-refractivity contribution in [2.45, 2.75) is 283 Å². The molecule has 2 unspecified atom stereocenters. The van der Waals surface area contributed by atoms with Crippen LogP contribution in [0.1, 0.15) is 271 Å². The summed E-state index contributed by atoms with van der Waals surface area (Å²) in [7, 11) is 5.97. The molecule has 79 heavy (non-hydrogen) atoms. The summed E-state index contributed by atoms with van der Waals surface area (Å²) in [5, 5.41) is 9.73. The number of unbranched alkanes of at least 4 members (excludes halogenated alkanes) is 28. The van der Waals surface area contributed by atoms with Crippen LogP contribution in [0.15, 0.2) is 97.2 Å². The lowest BCUT2D eigenvalue weighted by molar-refractivity contribution is -0.870. The maximum absolute atomic E-state index is 12.9. The van der Waals surface area contributed by atoms with Gasteiger partial charge in [-0.3, -0.25) is 9.59 Å². The van der Waals surface area contributed by atoms with Crippen LogP contribution in [0.25, 0.3) is 0 Å². The highest BCUT2D eigenvalue weighted by Crippen LogP contribution is 2.16. The molecule has 0 aliphatic heterocycles. The van der Waals surface area contributed by atoms with Gasteiger partial charge in [-0.1, -0.05) is 259 Å². The molecule has 0 aromatic heterocycles. The first-order valence-electron chi connectivity index (χ1n) is 32.4. The predicted molar refractivity (Wildman–Crippen MR) is 336 cm³/mol. The lowest BCUT2D eigenvalue weighted by Crippen LogP contribution is -2.40. The van der Waals surface area contributed by atoms with Crippen LogP contribution in [-0.4, -0.2) is 87.4 Å². The molecular weight excluding hydrogens is 983 g/mol. The zero-order chi connectivity index (χ0) is 57.6. The van der Waals surface area contributed by atoms with E-state index in [2.05, 4.69) is 111 Å². The minimum Gasteiger partial charge on any atom is -0.477 e. The second-order valence-corrected chi connectivity index (χ2v) is 22.7. The van der Waals surface area contributed by atoms with Gasteiger partial charge in [-0.15, -0.1) is 0 Å². The largest absolute Gasteiger partial charge is 0.477 e. The fourth-order valence-electron chi connectivity index (χ4n) is 8.87. The van der Waals surface area contributed by atoms with Gasteiger partial charge >= 0.3 is 17.9 Å². The van der Waals surface area contributed by atoms with Crippen LogP contribution in [0, 0.1) is 0 Å². The van der Waals surface area contributed by atoms with E-state index < -0.39 is 24.3 Å². The third-order valence-corrected chi connectivity index (χ3v) is 13.8. The quantitative estimate of drug-likeness (QED) is 0.0211. The van der Waals surface area contributed by atoms with Crippen molar-refractivity contribution in [1.82, 2.24) is 0 Å². The summed E-state index contributed by atoms with van der Waals surface area (Å²) < 4.78 is 22.9. The summed E-state index contributed by atoms with van der Waals surface area (Å²) in [4.78, 5) is 37.6. The molecule has 0 aliphatic rings. The number of carboxylic acids is 1. The third kappa shape index (κ3) is 61.7. The highest BCUT2D eigenvalue weighted by atomic mass is 16.7. The third-order valence-electron chi connectivity index (χ3n) is 13.8. The SMILES string of the molecule is CC/C=C\C/C=C\C/C=C\C/C=C\C/C=C\C/C=C\CCCCCCCCCCC(=O)OC(COC(=O)CCCCCCCCCCCCCCCCC/C=C\C/C=C\CCCCCCC)COC(OCC[N+](C)(C)C)C(=O)O. The minimum absolute atomic E-state index is 0.182. The van der Waals surface area contributed by atoms with Crippen LogP contribution in [0.4, 0.5) is 0 Å². The summed E-state index contributed by atoms with van der Waals surface area (Å²) in [6.45, 7) is 4.76. The molecule has 9 heteroatoms. The number of hydrogen-bond acceptors (Lipinski definition) is 7. The van der Waals surface area contributed by atoms with Gasteiger partial charge in [0.15, 0.2) is 6.10 Å². The van der Waals surface area contributed by atoms with Gasteiger partial charge in [0.25, 0.3) is 6.29 Å². The molecule has 0 aromatic carbocycles. The summed E-state index contributed by atoms with van der Waals surface area (Å²) >= 11 is 0. The van der Waals surface area contributed by atoms with E-state index in [0.29, 0.717) is 23.9 Å². The Morgan fingerprint density at radius 3 is 1.08 bits per heavy atom. The van der Waals surface area contributed by atoms with E-state index in [1.54, 1.807) is 0 Å². The Morgan fingerprint density at radius 2 is 0.722 bits per heavy atom. The van der Waals surface area contributed by atoms with Crippen molar-refractivity contribution >= 4 is 17.9 Å². The molecule has 2 atom stereocenters. The number of likely N-dealkylation sites (N-methyl/N-ethyl adjacent to an activating group) is 1. The fourth-order valence-corrected chi connectivity index (χ4v) is 8.87. The Hall–Kier alpha value is -3.79. The van der Waals surface area contributed by atoms with Crippen molar-refractivity contribution in [3.8, 4) is 0 Å². The Bertz CT molecular complexity index is 1620. The zero-order valence-electron chi connectivity index (χ0n) is 51.8. The molecule has 9 nitrogen and oxygen atoms in total. The Kier molecular flexibility index (Phi) is 57.4. The second-order valence-electron chi connectivity index (χ2n) is 22.7. The van der Waals surface area contributed by atoms with Crippen LogP contribution < -0.4 is 0 Å². The number of hydrogen-bond donors (Lipinski definition) is 1. The maximum Gasteiger partial charge on any atom is 0.361 e. The van der Waals surface area contributed by atoms with Gasteiger partial charge in [-0.2, -0.15) is 0 Å². The summed E-state index contributed by atoms with van der Waals surface area (Å²) in [6, 6.07) is 0. The predicted octanol–water partition coefficient (Wildman–Crippen LogP) is 19.7. The van der Waals surface area contributed by atoms with Crippen molar-refractivity contribution in [2.75, 3.05) is 47.5 Å². The van der Waals surface area contributed by atoms with E-state index in [9.17, 15) is 19.5 Å². The van der Waals surface area contributed by atoms with Gasteiger partial charge in [0.2, 0.25) is 0 Å². The molecule has 0 rings (SSSR count). The van der Waals surface area contributed by atoms with E-state index in [1.165, 1.54) is 148 Å². The number of carbonyl (C=O) groups excluding carboxylic acids is 2. The van der Waals surface area contributed by atoms with Gasteiger partial charge in [-0.05, 0) is 96.3 Å². The molecule has 0 aromatic rings. The first-order valence-corrected chi connectivity index (χ1v) is 32.4. The van der Waals surface area contributed by atoms with Crippen LogP contribution in [-0.2, 0) is 33.3 Å². The van der Waals surface area contributed by atoms with Crippen molar-refractivity contribution in [2.24, 2.45) is 0 Å². The standard InChI is InChI=1S/C70H121NO8/c1-6-8-10-12-14-16-18-20-22-24-26-28-30-32-34-36-38-40-42-44-46-48-50-52-54-56-58-60-67(72)77-64-66(65-78-70(69(74)75)76-63-62-71(3,4)5)79-68(73)61-59-57-55-53-51-49-47-45-43-41-39-37-35-33-31-29-27-25-23-21-19-17-15-13-11-9-7-2/h9,11,15,17-18,20-21,23-24,26-27,29,33,35,39,41,66,70H,6-8,10,12-14,16,19,22,25,28,30-32,34,36-38,40,42-65H2,1-5H3/p+1/b11-9-,17-15-,20-18-,23-21-,26-24-,29-27-,35-33-,41-39-. The van der Waals surface area contributed by atoms with E-state index >= 15 is 0 Å².